The van der Waals surface area contributed by atoms with Crippen LogP contribution in [0.1, 0.15) is 0 Å². The maximum Gasteiger partial charge on any atom is 0.161 e. The van der Waals surface area contributed by atoms with E-state index in [9.17, 15) is 5.11 Å². The van der Waals surface area contributed by atoms with Crippen LogP contribution in [0.4, 0.5) is 0 Å². The number of imidazole rings is 1. The number of benzene rings is 1. The third kappa shape index (κ3) is 1.83. The second-order valence-corrected chi connectivity index (χ2v) is 3.82. The average Bonchev–Trinajstić information content (AvgIpc) is 2.71. The minimum absolute atomic E-state index is 0.104. The molecule has 0 fully saturated rings. The number of aromatic amines is 1. The van der Waals surface area contributed by atoms with E-state index in [2.05, 4.69) is 25.9 Å². The van der Waals surface area contributed by atoms with Crippen molar-refractivity contribution in [2.24, 2.45) is 0 Å². The molecule has 5 heteroatoms. The summed E-state index contributed by atoms with van der Waals surface area (Å²) in [5, 5.41) is 9.53. The van der Waals surface area contributed by atoms with E-state index in [1.807, 2.05) is 0 Å². The van der Waals surface area contributed by atoms with E-state index in [1.165, 1.54) is 7.11 Å². The molecule has 0 radical (unpaired) electrons. The van der Waals surface area contributed by atoms with E-state index in [-0.39, 0.29) is 5.75 Å². The van der Waals surface area contributed by atoms with Crippen LogP contribution in [0.3, 0.4) is 0 Å². The van der Waals surface area contributed by atoms with Gasteiger partial charge in [0.1, 0.15) is 0 Å². The first kappa shape index (κ1) is 10.0. The molecule has 2 aromatic rings. The molecular weight excluding hydrogens is 260 g/mol. The first-order valence-corrected chi connectivity index (χ1v) is 5.07. The van der Waals surface area contributed by atoms with E-state index >= 15 is 0 Å². The molecule has 2 N–H and O–H groups in total. The van der Waals surface area contributed by atoms with Gasteiger partial charge < -0.3 is 14.8 Å². The zero-order valence-corrected chi connectivity index (χ0v) is 9.58. The highest BCUT2D eigenvalue weighted by atomic mass is 79.9. The topological polar surface area (TPSA) is 58.1 Å². The number of aromatic hydroxyl groups is 1. The number of methoxy groups -OCH3 is 1. The fourth-order valence-corrected chi connectivity index (χ4v) is 1.86. The molecule has 4 nitrogen and oxygen atoms in total. The summed E-state index contributed by atoms with van der Waals surface area (Å²) >= 11 is 3.37. The number of ether oxygens (including phenoxy) is 1. The van der Waals surface area contributed by atoms with Crippen molar-refractivity contribution in [1.29, 1.82) is 0 Å². The zero-order valence-electron chi connectivity index (χ0n) is 7.99. The SMILES string of the molecule is COc1cc(-c2cnc[nH]2)c(Br)cc1O. The van der Waals surface area contributed by atoms with Gasteiger partial charge in [-0.1, -0.05) is 0 Å². The fraction of sp³-hybridized carbons (Fsp3) is 0.100. The van der Waals surface area contributed by atoms with E-state index < -0.39 is 0 Å². The molecule has 0 aliphatic heterocycles. The van der Waals surface area contributed by atoms with Crippen molar-refractivity contribution in [2.75, 3.05) is 7.11 Å². The summed E-state index contributed by atoms with van der Waals surface area (Å²) in [6.45, 7) is 0. The summed E-state index contributed by atoms with van der Waals surface area (Å²) in [6.07, 6.45) is 3.30. The number of nitrogens with one attached hydrogen (secondary N) is 1. The Hall–Kier alpha value is -1.49. The summed E-state index contributed by atoms with van der Waals surface area (Å²) in [5.41, 5.74) is 1.75. The Balaban J connectivity index is 2.57. The molecule has 0 atom stereocenters. The number of hydrogen-bond acceptors (Lipinski definition) is 3. The quantitative estimate of drug-likeness (QED) is 0.880. The lowest BCUT2D eigenvalue weighted by Gasteiger charge is -2.07. The summed E-state index contributed by atoms with van der Waals surface area (Å²) in [7, 11) is 1.51. The maximum absolute atomic E-state index is 9.53. The van der Waals surface area contributed by atoms with Crippen LogP contribution in [0.5, 0.6) is 11.5 Å². The van der Waals surface area contributed by atoms with Crippen molar-refractivity contribution in [3.8, 4) is 22.8 Å². The minimum atomic E-state index is 0.104. The molecule has 0 unspecified atom stereocenters. The normalized spacial score (nSPS) is 10.3. The second-order valence-electron chi connectivity index (χ2n) is 2.97. The van der Waals surface area contributed by atoms with Crippen LogP contribution >= 0.6 is 15.9 Å². The van der Waals surface area contributed by atoms with Gasteiger partial charge in [0.25, 0.3) is 0 Å². The van der Waals surface area contributed by atoms with Gasteiger partial charge in [-0.2, -0.15) is 0 Å². The van der Waals surface area contributed by atoms with Gasteiger partial charge >= 0.3 is 0 Å². The number of H-pyrrole nitrogens is 1. The average molecular weight is 269 g/mol. The summed E-state index contributed by atoms with van der Waals surface area (Å²) in [4.78, 5) is 6.92. The number of phenolic OH excluding ortho intramolecular Hbond substituents is 1. The number of phenols is 1. The Bertz CT molecular complexity index is 469. The highest BCUT2D eigenvalue weighted by Crippen LogP contribution is 2.36. The van der Waals surface area contributed by atoms with E-state index in [1.54, 1.807) is 24.7 Å². The van der Waals surface area contributed by atoms with E-state index in [4.69, 9.17) is 4.74 Å². The van der Waals surface area contributed by atoms with Crippen LogP contribution in [0.15, 0.2) is 29.1 Å². The molecule has 15 heavy (non-hydrogen) atoms. The van der Waals surface area contributed by atoms with E-state index in [0.717, 1.165) is 15.7 Å². The van der Waals surface area contributed by atoms with Crippen LogP contribution in [0.25, 0.3) is 11.3 Å². The van der Waals surface area contributed by atoms with Crippen LogP contribution in [-0.2, 0) is 0 Å². The Labute approximate surface area is 95.1 Å². The number of rotatable bonds is 2. The Morgan fingerprint density at radius 3 is 2.87 bits per heavy atom. The molecule has 0 amide bonds. The van der Waals surface area contributed by atoms with Crippen LogP contribution in [-0.4, -0.2) is 22.2 Å². The van der Waals surface area contributed by atoms with Crippen LogP contribution in [0.2, 0.25) is 0 Å². The molecule has 1 heterocycles. The second kappa shape index (κ2) is 3.94. The molecule has 0 saturated heterocycles. The monoisotopic (exact) mass is 268 g/mol. The highest BCUT2D eigenvalue weighted by Gasteiger charge is 2.10. The van der Waals surface area contributed by atoms with Crippen LogP contribution in [0, 0.1) is 0 Å². The number of halogens is 1. The van der Waals surface area contributed by atoms with Gasteiger partial charge in [-0.25, -0.2) is 4.98 Å². The predicted molar refractivity (Wildman–Crippen MR) is 59.9 cm³/mol. The lowest BCUT2D eigenvalue weighted by atomic mass is 10.1. The van der Waals surface area contributed by atoms with Crippen molar-refractivity contribution >= 4 is 15.9 Å². The third-order valence-corrected chi connectivity index (χ3v) is 2.71. The first-order chi connectivity index (χ1) is 7.22. The van der Waals surface area contributed by atoms with Crippen molar-refractivity contribution in [3.05, 3.63) is 29.1 Å². The molecule has 0 aliphatic carbocycles. The van der Waals surface area contributed by atoms with Crippen molar-refractivity contribution in [2.45, 2.75) is 0 Å². The van der Waals surface area contributed by atoms with Crippen molar-refractivity contribution in [1.82, 2.24) is 9.97 Å². The number of aromatic nitrogens is 2. The molecule has 0 bridgehead atoms. The Kier molecular flexibility index (Phi) is 2.64. The Morgan fingerprint density at radius 1 is 1.47 bits per heavy atom. The molecule has 78 valence electrons. The third-order valence-electron chi connectivity index (χ3n) is 2.06. The Morgan fingerprint density at radius 2 is 2.27 bits per heavy atom. The number of hydrogen-bond donors (Lipinski definition) is 2. The summed E-state index contributed by atoms with van der Waals surface area (Å²) < 4.78 is 5.82. The van der Waals surface area contributed by atoms with Crippen molar-refractivity contribution in [3.63, 3.8) is 0 Å². The first-order valence-electron chi connectivity index (χ1n) is 4.27. The molecule has 1 aromatic heterocycles. The molecule has 1 aromatic carbocycles. The summed E-state index contributed by atoms with van der Waals surface area (Å²) in [5.74, 6) is 0.537. The van der Waals surface area contributed by atoms with Crippen LogP contribution < -0.4 is 4.74 Å². The zero-order chi connectivity index (χ0) is 10.8. The smallest absolute Gasteiger partial charge is 0.161 e. The van der Waals surface area contributed by atoms with Gasteiger partial charge in [-0.15, -0.1) is 0 Å². The summed E-state index contributed by atoms with van der Waals surface area (Å²) in [6, 6.07) is 3.34. The lowest BCUT2D eigenvalue weighted by molar-refractivity contribution is 0.373. The fourth-order valence-electron chi connectivity index (χ4n) is 1.32. The standard InChI is InChI=1S/C10H9BrN2O2/c1-15-10-2-6(7(11)3-9(10)14)8-4-12-5-13-8/h2-5,14H,1H3,(H,12,13). The maximum atomic E-state index is 9.53. The van der Waals surface area contributed by atoms with Gasteiger partial charge in [-0.05, 0) is 28.1 Å². The predicted octanol–water partition coefficient (Wildman–Crippen LogP) is 2.55. The molecule has 0 spiro atoms. The lowest BCUT2D eigenvalue weighted by Crippen LogP contribution is -1.86. The van der Waals surface area contributed by atoms with Gasteiger partial charge in [0.15, 0.2) is 11.5 Å². The van der Waals surface area contributed by atoms with Gasteiger partial charge in [0.2, 0.25) is 0 Å². The van der Waals surface area contributed by atoms with E-state index in [0.29, 0.717) is 5.75 Å². The van der Waals surface area contributed by atoms with Gasteiger partial charge in [0.05, 0.1) is 25.3 Å². The number of nitrogens with zero attached hydrogens (tertiary/aromatic N) is 1. The molecule has 2 rings (SSSR count). The van der Waals surface area contributed by atoms with Gasteiger partial charge in [-0.3, -0.25) is 0 Å². The molecule has 0 aliphatic rings. The van der Waals surface area contributed by atoms with Gasteiger partial charge in [0, 0.05) is 10.0 Å². The minimum Gasteiger partial charge on any atom is -0.504 e. The molecular formula is C10H9BrN2O2. The highest BCUT2D eigenvalue weighted by molar-refractivity contribution is 9.10. The largest absolute Gasteiger partial charge is 0.504 e. The molecule has 0 saturated carbocycles. The van der Waals surface area contributed by atoms with Crippen molar-refractivity contribution < 1.29 is 9.84 Å².